The van der Waals surface area contributed by atoms with Crippen molar-refractivity contribution in [3.05, 3.63) is 38.8 Å². The van der Waals surface area contributed by atoms with E-state index in [1.165, 1.54) is 16.9 Å². The fraction of sp³-hybridized carbons (Fsp3) is 0.333. The number of nitrogens with zero attached hydrogens (tertiary/aromatic N) is 1. The monoisotopic (exact) mass is 368 g/mol. The van der Waals surface area contributed by atoms with Gasteiger partial charge in [-0.1, -0.05) is 6.07 Å². The average Bonchev–Trinajstić information content (AvgIpc) is 2.81. The largest absolute Gasteiger partial charge is 0.466 e. The molecule has 0 saturated heterocycles. The molecule has 0 saturated carbocycles. The lowest BCUT2D eigenvalue weighted by Gasteiger charge is -2.10. The van der Waals surface area contributed by atoms with E-state index in [0.29, 0.717) is 6.61 Å². The van der Waals surface area contributed by atoms with Crippen molar-refractivity contribution in [1.82, 2.24) is 4.98 Å². The van der Waals surface area contributed by atoms with Crippen LogP contribution in [0.5, 0.6) is 0 Å². The van der Waals surface area contributed by atoms with Crippen LogP contribution in [0.25, 0.3) is 0 Å². The van der Waals surface area contributed by atoms with Crippen LogP contribution in [0.4, 0.5) is 10.8 Å². The number of anilines is 2. The first-order chi connectivity index (χ1) is 9.99. The third-order valence-electron chi connectivity index (χ3n) is 2.85. The van der Waals surface area contributed by atoms with Crippen molar-refractivity contribution < 1.29 is 9.53 Å². The van der Waals surface area contributed by atoms with Crippen LogP contribution in [0.15, 0.2) is 22.0 Å². The smallest absolute Gasteiger partial charge is 0.311 e. The van der Waals surface area contributed by atoms with Gasteiger partial charge in [0.1, 0.15) is 0 Å². The molecule has 0 bridgehead atoms. The first-order valence-corrected chi connectivity index (χ1v) is 8.30. The molecule has 0 amide bonds. The van der Waals surface area contributed by atoms with E-state index in [2.05, 4.69) is 45.3 Å². The summed E-state index contributed by atoms with van der Waals surface area (Å²) < 4.78 is 5.92. The van der Waals surface area contributed by atoms with Crippen molar-refractivity contribution in [2.75, 3.05) is 11.9 Å². The second kappa shape index (κ2) is 7.04. The van der Waals surface area contributed by atoms with Crippen molar-refractivity contribution in [3.8, 4) is 0 Å². The molecule has 0 unspecified atom stereocenters. The maximum atomic E-state index is 11.4. The SMILES string of the molecule is CCOC(=O)Cc1csc(Nc2c(C)cc(C)cc2Br)n1. The highest BCUT2D eigenvalue weighted by molar-refractivity contribution is 9.10. The summed E-state index contributed by atoms with van der Waals surface area (Å²) in [7, 11) is 0. The van der Waals surface area contributed by atoms with Crippen LogP contribution in [0.2, 0.25) is 0 Å². The zero-order valence-electron chi connectivity index (χ0n) is 12.2. The lowest BCUT2D eigenvalue weighted by molar-refractivity contribution is -0.142. The van der Waals surface area contributed by atoms with Gasteiger partial charge in [-0.05, 0) is 53.9 Å². The van der Waals surface area contributed by atoms with E-state index in [9.17, 15) is 4.79 Å². The average molecular weight is 369 g/mol. The molecule has 1 aromatic heterocycles. The number of hydrogen-bond donors (Lipinski definition) is 1. The van der Waals surface area contributed by atoms with Gasteiger partial charge in [-0.2, -0.15) is 0 Å². The molecule has 1 aromatic carbocycles. The van der Waals surface area contributed by atoms with Gasteiger partial charge in [-0.15, -0.1) is 11.3 Å². The second-order valence-corrected chi connectivity index (χ2v) is 6.40. The molecule has 21 heavy (non-hydrogen) atoms. The first-order valence-electron chi connectivity index (χ1n) is 6.63. The van der Waals surface area contributed by atoms with Crippen molar-refractivity contribution >= 4 is 44.1 Å². The predicted octanol–water partition coefficient (Wildman–Crippen LogP) is 4.37. The molecule has 0 aliphatic carbocycles. The minimum Gasteiger partial charge on any atom is -0.466 e. The number of halogens is 1. The van der Waals surface area contributed by atoms with Crippen LogP contribution >= 0.6 is 27.3 Å². The Balaban J connectivity index is 2.11. The number of ether oxygens (including phenoxy) is 1. The standard InChI is InChI=1S/C15H17BrN2O2S/c1-4-20-13(19)7-11-8-21-15(17-11)18-14-10(3)5-9(2)6-12(14)16/h5-6,8H,4,7H2,1-3H3,(H,17,18). The van der Waals surface area contributed by atoms with Gasteiger partial charge in [-0.3, -0.25) is 4.79 Å². The van der Waals surface area contributed by atoms with Crippen LogP contribution < -0.4 is 5.32 Å². The number of aryl methyl sites for hydroxylation is 2. The third-order valence-corrected chi connectivity index (χ3v) is 4.28. The molecule has 0 aliphatic heterocycles. The summed E-state index contributed by atoms with van der Waals surface area (Å²) in [6.45, 7) is 6.29. The van der Waals surface area contributed by atoms with Gasteiger partial charge in [0.15, 0.2) is 5.13 Å². The minimum absolute atomic E-state index is 0.208. The molecule has 1 heterocycles. The molecule has 0 aliphatic rings. The van der Waals surface area contributed by atoms with Crippen LogP contribution in [0.1, 0.15) is 23.7 Å². The van der Waals surface area contributed by atoms with E-state index in [4.69, 9.17) is 4.74 Å². The number of nitrogens with one attached hydrogen (secondary N) is 1. The molecule has 4 nitrogen and oxygen atoms in total. The summed E-state index contributed by atoms with van der Waals surface area (Å²) in [4.78, 5) is 15.9. The van der Waals surface area contributed by atoms with E-state index < -0.39 is 0 Å². The lowest BCUT2D eigenvalue weighted by Crippen LogP contribution is -2.07. The van der Waals surface area contributed by atoms with Crippen molar-refractivity contribution in [1.29, 1.82) is 0 Å². The lowest BCUT2D eigenvalue weighted by atomic mass is 10.1. The summed E-state index contributed by atoms with van der Waals surface area (Å²) in [5, 5.41) is 5.94. The van der Waals surface area contributed by atoms with Crippen LogP contribution in [0, 0.1) is 13.8 Å². The third kappa shape index (κ3) is 4.28. The molecule has 6 heteroatoms. The summed E-state index contributed by atoms with van der Waals surface area (Å²) in [6, 6.07) is 4.17. The Bertz CT molecular complexity index is 632. The van der Waals surface area contributed by atoms with E-state index >= 15 is 0 Å². The Morgan fingerprint density at radius 3 is 2.86 bits per heavy atom. The number of rotatable bonds is 5. The number of esters is 1. The molecule has 0 fully saturated rings. The summed E-state index contributed by atoms with van der Waals surface area (Å²) >= 11 is 5.04. The van der Waals surface area contributed by atoms with E-state index in [1.807, 2.05) is 12.3 Å². The molecule has 0 atom stereocenters. The number of aromatic nitrogens is 1. The molecule has 1 N–H and O–H groups in total. The fourth-order valence-corrected chi connectivity index (χ4v) is 3.47. The number of hydrogen-bond acceptors (Lipinski definition) is 5. The van der Waals surface area contributed by atoms with Gasteiger partial charge in [0.05, 0.1) is 24.4 Å². The summed E-state index contributed by atoms with van der Waals surface area (Å²) in [6.07, 6.45) is 0.208. The second-order valence-electron chi connectivity index (χ2n) is 4.69. The molecule has 2 rings (SSSR count). The topological polar surface area (TPSA) is 51.2 Å². The number of benzene rings is 1. The number of thiazole rings is 1. The number of carbonyl (C=O) groups is 1. The van der Waals surface area contributed by atoms with Gasteiger partial charge in [0.25, 0.3) is 0 Å². The van der Waals surface area contributed by atoms with Gasteiger partial charge >= 0.3 is 5.97 Å². The summed E-state index contributed by atoms with van der Waals surface area (Å²) in [5.74, 6) is -0.248. The van der Waals surface area contributed by atoms with Crippen LogP contribution in [-0.2, 0) is 16.0 Å². The Morgan fingerprint density at radius 2 is 2.19 bits per heavy atom. The Labute approximate surface area is 136 Å². The number of carbonyl (C=O) groups excluding carboxylic acids is 1. The maximum Gasteiger partial charge on any atom is 0.311 e. The highest BCUT2D eigenvalue weighted by Crippen LogP contribution is 2.31. The first kappa shape index (κ1) is 16.0. The van der Waals surface area contributed by atoms with Crippen molar-refractivity contribution in [2.24, 2.45) is 0 Å². The van der Waals surface area contributed by atoms with E-state index in [1.54, 1.807) is 6.92 Å². The van der Waals surface area contributed by atoms with E-state index in [-0.39, 0.29) is 12.4 Å². The van der Waals surface area contributed by atoms with Crippen LogP contribution in [-0.4, -0.2) is 17.6 Å². The summed E-state index contributed by atoms with van der Waals surface area (Å²) in [5.41, 5.74) is 4.07. The highest BCUT2D eigenvalue weighted by atomic mass is 79.9. The van der Waals surface area contributed by atoms with Crippen molar-refractivity contribution in [2.45, 2.75) is 27.2 Å². The Morgan fingerprint density at radius 1 is 1.43 bits per heavy atom. The van der Waals surface area contributed by atoms with Crippen LogP contribution in [0.3, 0.4) is 0 Å². The normalized spacial score (nSPS) is 10.5. The Kier molecular flexibility index (Phi) is 5.36. The molecular formula is C15H17BrN2O2S. The Hall–Kier alpha value is -1.40. The molecule has 0 spiro atoms. The zero-order valence-corrected chi connectivity index (χ0v) is 14.6. The van der Waals surface area contributed by atoms with Gasteiger partial charge in [0.2, 0.25) is 0 Å². The molecule has 2 aromatic rings. The fourth-order valence-electron chi connectivity index (χ4n) is 1.99. The van der Waals surface area contributed by atoms with Gasteiger partial charge < -0.3 is 10.1 Å². The molecule has 0 radical (unpaired) electrons. The minimum atomic E-state index is -0.248. The maximum absolute atomic E-state index is 11.4. The quantitative estimate of drug-likeness (QED) is 0.795. The van der Waals surface area contributed by atoms with Crippen molar-refractivity contribution in [3.63, 3.8) is 0 Å². The predicted molar refractivity (Wildman–Crippen MR) is 89.3 cm³/mol. The molecule has 112 valence electrons. The van der Waals surface area contributed by atoms with E-state index in [0.717, 1.165) is 26.5 Å². The van der Waals surface area contributed by atoms with Gasteiger partial charge in [-0.25, -0.2) is 4.98 Å². The zero-order chi connectivity index (χ0) is 15.4. The molecular weight excluding hydrogens is 352 g/mol. The highest BCUT2D eigenvalue weighted by Gasteiger charge is 2.11. The van der Waals surface area contributed by atoms with Gasteiger partial charge in [0, 0.05) is 9.85 Å².